The predicted octanol–water partition coefficient (Wildman–Crippen LogP) is 1.51. The van der Waals surface area contributed by atoms with Gasteiger partial charge in [-0.25, -0.2) is 4.98 Å². The summed E-state index contributed by atoms with van der Waals surface area (Å²) in [4.78, 5) is 8.55. The molecule has 0 aromatic carbocycles. The molecular formula is C11H15N5O2S. The Kier molecular flexibility index (Phi) is 3.79. The molecule has 1 fully saturated rings. The van der Waals surface area contributed by atoms with Crippen LogP contribution in [0.1, 0.15) is 30.4 Å². The van der Waals surface area contributed by atoms with Gasteiger partial charge in [-0.3, -0.25) is 5.10 Å². The van der Waals surface area contributed by atoms with Gasteiger partial charge in [-0.05, 0) is 19.8 Å². The van der Waals surface area contributed by atoms with Crippen LogP contribution in [-0.4, -0.2) is 38.0 Å². The Morgan fingerprint density at radius 1 is 1.42 bits per heavy atom. The number of ether oxygens (including phenoxy) is 1. The van der Waals surface area contributed by atoms with Crippen molar-refractivity contribution in [2.24, 2.45) is 0 Å². The molecular weight excluding hydrogens is 266 g/mol. The molecule has 19 heavy (non-hydrogen) atoms. The normalized spacial score (nSPS) is 19.1. The summed E-state index contributed by atoms with van der Waals surface area (Å²) >= 11 is 1.47. The number of hydrogen-bond donors (Lipinski definition) is 1. The minimum Gasteiger partial charge on any atom is -0.378 e. The third kappa shape index (κ3) is 3.32. The lowest BCUT2D eigenvalue weighted by atomic mass is 10.2. The predicted molar refractivity (Wildman–Crippen MR) is 67.7 cm³/mol. The van der Waals surface area contributed by atoms with E-state index in [9.17, 15) is 0 Å². The van der Waals surface area contributed by atoms with Gasteiger partial charge in [0.1, 0.15) is 5.82 Å². The molecule has 1 atom stereocenters. The van der Waals surface area contributed by atoms with Crippen molar-refractivity contribution in [3.63, 3.8) is 0 Å². The highest BCUT2D eigenvalue weighted by Crippen LogP contribution is 2.19. The van der Waals surface area contributed by atoms with E-state index in [-0.39, 0.29) is 6.10 Å². The Hall–Kier alpha value is -1.41. The molecule has 1 N–H and O–H groups in total. The van der Waals surface area contributed by atoms with Gasteiger partial charge in [0, 0.05) is 13.0 Å². The smallest absolute Gasteiger partial charge is 0.237 e. The van der Waals surface area contributed by atoms with Gasteiger partial charge < -0.3 is 9.26 Å². The number of aryl methyl sites for hydroxylation is 1. The summed E-state index contributed by atoms with van der Waals surface area (Å²) < 4.78 is 10.7. The summed E-state index contributed by atoms with van der Waals surface area (Å²) in [6, 6.07) is 0. The number of rotatable bonds is 5. The first-order chi connectivity index (χ1) is 9.29. The molecule has 1 saturated heterocycles. The molecule has 0 amide bonds. The Labute approximate surface area is 114 Å². The fourth-order valence-electron chi connectivity index (χ4n) is 1.95. The first-order valence-electron chi connectivity index (χ1n) is 6.24. The highest BCUT2D eigenvalue weighted by Gasteiger charge is 2.19. The topological polar surface area (TPSA) is 89.7 Å². The van der Waals surface area contributed by atoms with Gasteiger partial charge in [0.25, 0.3) is 0 Å². The molecule has 0 unspecified atom stereocenters. The molecule has 1 aliphatic rings. The summed E-state index contributed by atoms with van der Waals surface area (Å²) in [5.74, 6) is 2.69. The van der Waals surface area contributed by atoms with Crippen LogP contribution in [0.25, 0.3) is 0 Å². The van der Waals surface area contributed by atoms with E-state index in [1.54, 1.807) is 0 Å². The number of aromatic amines is 1. The fraction of sp³-hybridized carbons (Fsp3) is 0.636. The van der Waals surface area contributed by atoms with Gasteiger partial charge >= 0.3 is 0 Å². The number of hydrogen-bond acceptors (Lipinski definition) is 7. The molecule has 1 aliphatic heterocycles. The molecule has 7 nitrogen and oxygen atoms in total. The molecule has 3 rings (SSSR count). The average Bonchev–Trinajstić information content (AvgIpc) is 3.10. The first kappa shape index (κ1) is 12.6. The van der Waals surface area contributed by atoms with Crippen LogP contribution in [-0.2, 0) is 16.9 Å². The van der Waals surface area contributed by atoms with Crippen molar-refractivity contribution in [2.75, 3.05) is 6.61 Å². The van der Waals surface area contributed by atoms with E-state index in [4.69, 9.17) is 9.26 Å². The lowest BCUT2D eigenvalue weighted by Gasteiger charge is -2.03. The quantitative estimate of drug-likeness (QED) is 0.831. The zero-order chi connectivity index (χ0) is 13.1. The molecule has 0 saturated carbocycles. The van der Waals surface area contributed by atoms with Crippen LogP contribution in [0.4, 0.5) is 0 Å². The zero-order valence-corrected chi connectivity index (χ0v) is 11.4. The van der Waals surface area contributed by atoms with E-state index >= 15 is 0 Å². The molecule has 0 bridgehead atoms. The molecule has 0 aliphatic carbocycles. The zero-order valence-electron chi connectivity index (χ0n) is 10.6. The largest absolute Gasteiger partial charge is 0.378 e. The Morgan fingerprint density at radius 3 is 3.11 bits per heavy atom. The number of nitrogens with one attached hydrogen (secondary N) is 1. The lowest BCUT2D eigenvalue weighted by Crippen LogP contribution is -2.09. The Balaban J connectivity index is 1.52. The molecule has 3 heterocycles. The number of H-pyrrole nitrogens is 1. The van der Waals surface area contributed by atoms with Crippen molar-refractivity contribution < 1.29 is 9.26 Å². The molecule has 8 heteroatoms. The van der Waals surface area contributed by atoms with Crippen LogP contribution in [0.3, 0.4) is 0 Å². The first-order valence-corrected chi connectivity index (χ1v) is 7.23. The highest BCUT2D eigenvalue weighted by molar-refractivity contribution is 7.98. The Bertz CT molecular complexity index is 535. The van der Waals surface area contributed by atoms with Crippen molar-refractivity contribution in [1.29, 1.82) is 0 Å². The number of thioether (sulfide) groups is 1. The van der Waals surface area contributed by atoms with E-state index in [0.29, 0.717) is 22.6 Å². The molecule has 2 aromatic rings. The fourth-order valence-corrected chi connectivity index (χ4v) is 2.64. The Morgan fingerprint density at radius 2 is 2.37 bits per heavy atom. The summed E-state index contributed by atoms with van der Waals surface area (Å²) in [5, 5.41) is 11.5. The molecule has 0 radical (unpaired) electrons. The third-order valence-corrected chi connectivity index (χ3v) is 3.68. The van der Waals surface area contributed by atoms with Crippen LogP contribution < -0.4 is 0 Å². The lowest BCUT2D eigenvalue weighted by molar-refractivity contribution is 0.109. The number of nitrogens with zero attached hydrogens (tertiary/aromatic N) is 4. The molecule has 0 spiro atoms. The van der Waals surface area contributed by atoms with E-state index in [0.717, 1.165) is 31.7 Å². The van der Waals surface area contributed by atoms with Crippen molar-refractivity contribution in [3.05, 3.63) is 17.5 Å². The third-order valence-electron chi connectivity index (χ3n) is 2.85. The van der Waals surface area contributed by atoms with Gasteiger partial charge in [-0.2, -0.15) is 4.98 Å². The molecule has 2 aromatic heterocycles. The van der Waals surface area contributed by atoms with Crippen molar-refractivity contribution in [3.8, 4) is 0 Å². The van der Waals surface area contributed by atoms with E-state index in [2.05, 4.69) is 25.3 Å². The highest BCUT2D eigenvalue weighted by atomic mass is 32.2. The van der Waals surface area contributed by atoms with E-state index < -0.39 is 0 Å². The van der Waals surface area contributed by atoms with Crippen molar-refractivity contribution >= 4 is 11.8 Å². The van der Waals surface area contributed by atoms with Crippen molar-refractivity contribution in [2.45, 2.75) is 43.2 Å². The second-order valence-electron chi connectivity index (χ2n) is 4.44. The minimum atomic E-state index is 0.244. The van der Waals surface area contributed by atoms with Gasteiger partial charge in [0.05, 0.1) is 11.9 Å². The standard InChI is InChI=1S/C11H15N5O2S/c1-7-12-11(15-14-7)19-6-10-13-9(16-18-10)5-8-3-2-4-17-8/h8H,2-6H2,1H3,(H,12,14,15)/t8-/m0/s1. The van der Waals surface area contributed by atoms with Gasteiger partial charge in [0.15, 0.2) is 5.82 Å². The van der Waals surface area contributed by atoms with Crippen LogP contribution >= 0.6 is 11.8 Å². The maximum absolute atomic E-state index is 5.55. The second-order valence-corrected chi connectivity index (χ2v) is 5.38. The second kappa shape index (κ2) is 5.70. The van der Waals surface area contributed by atoms with Crippen LogP contribution in [0.5, 0.6) is 0 Å². The summed E-state index contributed by atoms with van der Waals surface area (Å²) in [7, 11) is 0. The number of aromatic nitrogens is 5. The van der Waals surface area contributed by atoms with Gasteiger partial charge in [-0.1, -0.05) is 16.9 Å². The van der Waals surface area contributed by atoms with Crippen LogP contribution in [0.15, 0.2) is 9.68 Å². The van der Waals surface area contributed by atoms with Gasteiger partial charge in [0.2, 0.25) is 11.0 Å². The average molecular weight is 281 g/mol. The van der Waals surface area contributed by atoms with E-state index in [1.807, 2.05) is 6.92 Å². The van der Waals surface area contributed by atoms with Crippen molar-refractivity contribution in [1.82, 2.24) is 25.3 Å². The SMILES string of the molecule is Cc1nc(SCc2nc(C[C@@H]3CCCO3)no2)n[nH]1. The van der Waals surface area contributed by atoms with Crippen LogP contribution in [0.2, 0.25) is 0 Å². The summed E-state index contributed by atoms with van der Waals surface area (Å²) in [6.45, 7) is 2.71. The van der Waals surface area contributed by atoms with Crippen LogP contribution in [0, 0.1) is 6.92 Å². The summed E-state index contributed by atoms with van der Waals surface area (Å²) in [6.07, 6.45) is 3.17. The van der Waals surface area contributed by atoms with E-state index in [1.165, 1.54) is 11.8 Å². The minimum absolute atomic E-state index is 0.244. The summed E-state index contributed by atoms with van der Waals surface area (Å²) in [5.41, 5.74) is 0. The van der Waals surface area contributed by atoms with Gasteiger partial charge in [-0.15, -0.1) is 5.10 Å². The molecule has 102 valence electrons. The monoisotopic (exact) mass is 281 g/mol. The maximum atomic E-state index is 5.55. The maximum Gasteiger partial charge on any atom is 0.237 e.